The lowest BCUT2D eigenvalue weighted by atomic mass is 10.3. The van der Waals surface area contributed by atoms with Gasteiger partial charge in [-0.2, -0.15) is 0 Å². The van der Waals surface area contributed by atoms with E-state index in [1.165, 1.54) is 6.07 Å². The Kier molecular flexibility index (Phi) is 4.42. The molecule has 0 radical (unpaired) electrons. The molecule has 1 aromatic heterocycles. The molecule has 0 unspecified atom stereocenters. The number of hydrogen-bond donors (Lipinski definition) is 2. The number of thiophene rings is 1. The molecule has 2 rings (SSSR count). The molecule has 0 fully saturated rings. The van der Waals surface area contributed by atoms with Crippen molar-refractivity contribution in [1.29, 1.82) is 0 Å². The van der Waals surface area contributed by atoms with Crippen LogP contribution in [0.2, 0.25) is 5.02 Å². The monoisotopic (exact) mass is 411 g/mol. The van der Waals surface area contributed by atoms with E-state index in [0.717, 1.165) is 6.07 Å². The molecule has 0 aliphatic rings. The number of nitrogens with one attached hydrogen (secondary N) is 1. The minimum atomic E-state index is -3.99. The normalized spacial score (nSPS) is 11.3. The van der Waals surface area contributed by atoms with E-state index < -0.39 is 20.6 Å². The second-order valence-electron chi connectivity index (χ2n) is 3.80. The van der Waals surface area contributed by atoms with Crippen LogP contribution in [0, 0.1) is 10.1 Å². The summed E-state index contributed by atoms with van der Waals surface area (Å²) >= 11 is 9.60. The van der Waals surface area contributed by atoms with Crippen LogP contribution < -0.4 is 10.5 Å². The van der Waals surface area contributed by atoms with Gasteiger partial charge in [0, 0.05) is 15.6 Å². The average Bonchev–Trinajstić information content (AvgIpc) is 2.77. The maximum Gasteiger partial charge on any atom is 0.304 e. The highest BCUT2D eigenvalue weighted by atomic mass is 79.9. The van der Waals surface area contributed by atoms with Gasteiger partial charge in [0.05, 0.1) is 10.6 Å². The van der Waals surface area contributed by atoms with Crippen molar-refractivity contribution in [1.82, 2.24) is 0 Å². The maximum absolute atomic E-state index is 12.2. The number of rotatable bonds is 4. The second kappa shape index (κ2) is 5.79. The van der Waals surface area contributed by atoms with E-state index in [0.29, 0.717) is 20.8 Å². The Morgan fingerprint density at radius 2 is 2.05 bits per heavy atom. The highest BCUT2D eigenvalue weighted by Crippen LogP contribution is 2.36. The smallest absolute Gasteiger partial charge is 0.304 e. The number of anilines is 2. The number of nitrogens with zero attached hydrogens (tertiary/aromatic N) is 1. The summed E-state index contributed by atoms with van der Waals surface area (Å²) in [6.45, 7) is 0. The fourth-order valence-electron chi connectivity index (χ4n) is 1.42. The fourth-order valence-corrected chi connectivity index (χ4v) is 4.35. The van der Waals surface area contributed by atoms with Crippen LogP contribution in [0.1, 0.15) is 0 Å². The molecule has 11 heteroatoms. The van der Waals surface area contributed by atoms with Crippen molar-refractivity contribution in [3.63, 3.8) is 0 Å². The third-order valence-corrected chi connectivity index (χ3v) is 6.07. The summed E-state index contributed by atoms with van der Waals surface area (Å²) in [7, 11) is -3.99. The minimum Gasteiger partial charge on any atom is -0.385 e. The third-order valence-electron chi connectivity index (χ3n) is 2.35. The summed E-state index contributed by atoms with van der Waals surface area (Å²) in [6.07, 6.45) is 0. The number of sulfonamides is 1. The fraction of sp³-hybridized carbons (Fsp3) is 0. The van der Waals surface area contributed by atoms with Crippen LogP contribution in [0.4, 0.5) is 16.4 Å². The van der Waals surface area contributed by atoms with E-state index in [4.69, 9.17) is 17.3 Å². The predicted octanol–water partition coefficient (Wildman–Crippen LogP) is 3.46. The Bertz CT molecular complexity index is 822. The van der Waals surface area contributed by atoms with Crippen LogP contribution in [-0.4, -0.2) is 13.3 Å². The summed E-state index contributed by atoms with van der Waals surface area (Å²) < 4.78 is 26.9. The van der Waals surface area contributed by atoms with Crippen molar-refractivity contribution in [2.75, 3.05) is 10.5 Å². The first-order valence-corrected chi connectivity index (χ1v) is 8.69. The first kappa shape index (κ1) is 16.0. The Morgan fingerprint density at radius 1 is 1.38 bits per heavy atom. The van der Waals surface area contributed by atoms with Crippen LogP contribution in [-0.2, 0) is 10.0 Å². The lowest BCUT2D eigenvalue weighted by Gasteiger charge is -2.08. The van der Waals surface area contributed by atoms with Gasteiger partial charge >= 0.3 is 5.69 Å². The van der Waals surface area contributed by atoms with Gasteiger partial charge in [-0.05, 0) is 34.1 Å². The van der Waals surface area contributed by atoms with Gasteiger partial charge in [-0.1, -0.05) is 22.9 Å². The Hall–Kier alpha value is -1.36. The van der Waals surface area contributed by atoms with E-state index in [1.54, 1.807) is 12.1 Å². The zero-order chi connectivity index (χ0) is 15.8. The second-order valence-corrected chi connectivity index (χ2v) is 8.09. The van der Waals surface area contributed by atoms with E-state index >= 15 is 0 Å². The number of nitrogen functional groups attached to an aromatic ring is 1. The predicted molar refractivity (Wildman–Crippen MR) is 85.3 cm³/mol. The van der Waals surface area contributed by atoms with Gasteiger partial charge < -0.3 is 5.73 Å². The number of benzene rings is 1. The van der Waals surface area contributed by atoms with Crippen LogP contribution in [0.25, 0.3) is 0 Å². The standard InChI is InChI=1S/C10H7BrClN3O4S2/c11-6-2-1-5(12)3-7(6)14-21(18,19)9-4-8(15(16)17)10(13)20-9/h1-4,14H,13H2. The molecule has 0 amide bonds. The first-order chi connectivity index (χ1) is 9.70. The summed E-state index contributed by atoms with van der Waals surface area (Å²) in [6, 6.07) is 5.48. The topological polar surface area (TPSA) is 115 Å². The van der Waals surface area contributed by atoms with E-state index in [9.17, 15) is 18.5 Å². The van der Waals surface area contributed by atoms with Crippen LogP contribution in [0.15, 0.2) is 32.9 Å². The molecule has 0 aliphatic heterocycles. The van der Waals surface area contributed by atoms with Crippen LogP contribution >= 0.6 is 38.9 Å². The van der Waals surface area contributed by atoms with Crippen molar-refractivity contribution in [2.45, 2.75) is 4.21 Å². The Labute approximate surface area is 137 Å². The van der Waals surface area contributed by atoms with Crippen molar-refractivity contribution < 1.29 is 13.3 Å². The van der Waals surface area contributed by atoms with Gasteiger partial charge in [0.25, 0.3) is 10.0 Å². The highest BCUT2D eigenvalue weighted by molar-refractivity contribution is 9.10. The molecular formula is C10H7BrClN3O4S2. The lowest BCUT2D eigenvalue weighted by Crippen LogP contribution is -2.11. The molecule has 0 spiro atoms. The largest absolute Gasteiger partial charge is 0.385 e. The summed E-state index contributed by atoms with van der Waals surface area (Å²) in [5.74, 6) is 0. The summed E-state index contributed by atoms with van der Waals surface area (Å²) in [5.41, 5.74) is 5.22. The zero-order valence-electron chi connectivity index (χ0n) is 10.0. The SMILES string of the molecule is Nc1sc(S(=O)(=O)Nc2cc(Cl)ccc2Br)cc1[N+](=O)[O-]. The molecule has 0 saturated carbocycles. The maximum atomic E-state index is 12.2. The minimum absolute atomic E-state index is 0.175. The van der Waals surface area contributed by atoms with Crippen molar-refractivity contribution in [2.24, 2.45) is 0 Å². The van der Waals surface area contributed by atoms with E-state index in [2.05, 4.69) is 20.7 Å². The Morgan fingerprint density at radius 3 is 2.62 bits per heavy atom. The molecule has 1 heterocycles. The Balaban J connectivity index is 2.41. The van der Waals surface area contributed by atoms with Crippen molar-refractivity contribution in [3.8, 4) is 0 Å². The van der Waals surface area contributed by atoms with Crippen molar-refractivity contribution in [3.05, 3.63) is 43.9 Å². The van der Waals surface area contributed by atoms with E-state index in [1.807, 2.05) is 0 Å². The molecule has 3 N–H and O–H groups in total. The molecule has 0 bridgehead atoms. The number of hydrogen-bond acceptors (Lipinski definition) is 6. The molecule has 0 aliphatic carbocycles. The first-order valence-electron chi connectivity index (χ1n) is 5.22. The zero-order valence-corrected chi connectivity index (χ0v) is 14.0. The van der Waals surface area contributed by atoms with Gasteiger partial charge in [-0.15, -0.1) is 0 Å². The van der Waals surface area contributed by atoms with Gasteiger partial charge in [-0.25, -0.2) is 8.42 Å². The van der Waals surface area contributed by atoms with Gasteiger partial charge in [0.1, 0.15) is 4.21 Å². The molecule has 112 valence electrons. The molecule has 7 nitrogen and oxygen atoms in total. The average molecular weight is 413 g/mol. The lowest BCUT2D eigenvalue weighted by molar-refractivity contribution is -0.383. The molecule has 0 saturated heterocycles. The molecule has 2 aromatic rings. The molecule has 0 atom stereocenters. The van der Waals surface area contributed by atoms with Gasteiger partial charge in [-0.3, -0.25) is 14.8 Å². The van der Waals surface area contributed by atoms with E-state index in [-0.39, 0.29) is 14.9 Å². The third kappa shape index (κ3) is 3.46. The van der Waals surface area contributed by atoms with Gasteiger partial charge in [0.15, 0.2) is 5.00 Å². The number of nitrogens with two attached hydrogens (primary N) is 1. The van der Waals surface area contributed by atoms with Crippen LogP contribution in [0.5, 0.6) is 0 Å². The van der Waals surface area contributed by atoms with Crippen LogP contribution in [0.3, 0.4) is 0 Å². The van der Waals surface area contributed by atoms with Crippen molar-refractivity contribution >= 4 is 65.3 Å². The number of halogens is 2. The summed E-state index contributed by atoms with van der Waals surface area (Å²) in [5, 5.41) is 10.9. The van der Waals surface area contributed by atoms with Gasteiger partial charge in [0.2, 0.25) is 0 Å². The molecular weight excluding hydrogens is 406 g/mol. The molecule has 1 aromatic carbocycles. The highest BCUT2D eigenvalue weighted by Gasteiger charge is 2.25. The molecule has 21 heavy (non-hydrogen) atoms. The quantitative estimate of drug-likeness (QED) is 0.589. The summed E-state index contributed by atoms with van der Waals surface area (Å²) in [4.78, 5) is 9.98. The number of nitro groups is 1.